The molecule has 2 nitrogen and oxygen atoms in total. The van der Waals surface area contributed by atoms with Crippen molar-refractivity contribution in [2.24, 2.45) is 0 Å². The third-order valence-electron chi connectivity index (χ3n) is 5.79. The number of fused-ring (bicyclic) bond motifs is 1. The topological polar surface area (TPSA) is 24.1 Å². The van der Waals surface area contributed by atoms with E-state index in [0.717, 1.165) is 13.0 Å². The van der Waals surface area contributed by atoms with E-state index in [1.54, 1.807) is 0 Å². The third-order valence-corrected chi connectivity index (χ3v) is 5.79. The Balaban J connectivity index is 1.90. The van der Waals surface area contributed by atoms with E-state index in [9.17, 15) is 0 Å². The molecule has 1 heterocycles. The molecule has 2 heteroatoms. The minimum atomic E-state index is 0.947. The highest BCUT2D eigenvalue weighted by molar-refractivity contribution is 5.91. The van der Waals surface area contributed by atoms with Crippen LogP contribution in [-0.4, -0.2) is 0 Å². The Kier molecular flexibility index (Phi) is 6.60. The first kappa shape index (κ1) is 19.5. The number of nitrogens with one attached hydrogen (secondary N) is 2. The summed E-state index contributed by atoms with van der Waals surface area (Å²) in [5.41, 5.74) is 10.9. The zero-order chi connectivity index (χ0) is 19.2. The van der Waals surface area contributed by atoms with Crippen LogP contribution in [0.25, 0.3) is 11.1 Å². The number of benzene rings is 2. The van der Waals surface area contributed by atoms with Crippen LogP contribution in [0.15, 0.2) is 37.0 Å². The molecule has 0 spiro atoms. The fraction of sp³-hybridized carbons (Fsp3) is 0.440. The van der Waals surface area contributed by atoms with Crippen molar-refractivity contribution in [3.8, 4) is 11.1 Å². The van der Waals surface area contributed by atoms with Gasteiger partial charge in [-0.15, -0.1) is 0 Å². The Morgan fingerprint density at radius 2 is 1.74 bits per heavy atom. The number of hydrogen-bond acceptors (Lipinski definition) is 2. The predicted octanol–water partition coefficient (Wildman–Crippen LogP) is 7.35. The number of rotatable bonds is 10. The van der Waals surface area contributed by atoms with Crippen molar-refractivity contribution in [1.29, 1.82) is 0 Å². The van der Waals surface area contributed by atoms with E-state index < -0.39 is 0 Å². The molecule has 0 saturated heterocycles. The SMILES string of the molecule is C=CNc1c(CCCCCCCC)c(C)c(-c2ccc(C)cc2)c2c1NC2. The molecule has 0 aromatic heterocycles. The third kappa shape index (κ3) is 4.21. The van der Waals surface area contributed by atoms with Gasteiger partial charge >= 0.3 is 0 Å². The van der Waals surface area contributed by atoms with Crippen molar-refractivity contribution in [2.45, 2.75) is 72.3 Å². The van der Waals surface area contributed by atoms with E-state index in [-0.39, 0.29) is 0 Å². The molecule has 1 aliphatic rings. The Morgan fingerprint density at radius 3 is 2.37 bits per heavy atom. The largest absolute Gasteiger partial charge is 0.379 e. The molecular formula is C25H34N2. The summed E-state index contributed by atoms with van der Waals surface area (Å²) < 4.78 is 0. The molecule has 0 unspecified atom stereocenters. The lowest BCUT2D eigenvalue weighted by Crippen LogP contribution is -2.20. The van der Waals surface area contributed by atoms with Crippen LogP contribution < -0.4 is 10.6 Å². The van der Waals surface area contributed by atoms with Gasteiger partial charge in [-0.25, -0.2) is 0 Å². The number of hydrogen-bond donors (Lipinski definition) is 2. The van der Waals surface area contributed by atoms with Crippen LogP contribution in [0.4, 0.5) is 11.4 Å². The second-order valence-corrected chi connectivity index (χ2v) is 7.79. The van der Waals surface area contributed by atoms with E-state index >= 15 is 0 Å². The lowest BCUT2D eigenvalue weighted by Gasteiger charge is -2.32. The van der Waals surface area contributed by atoms with Gasteiger partial charge in [-0.3, -0.25) is 0 Å². The average molecular weight is 363 g/mol. The summed E-state index contributed by atoms with van der Waals surface area (Å²) in [4.78, 5) is 0. The predicted molar refractivity (Wildman–Crippen MR) is 120 cm³/mol. The van der Waals surface area contributed by atoms with Crippen LogP contribution >= 0.6 is 0 Å². The van der Waals surface area contributed by atoms with E-state index in [0.29, 0.717) is 0 Å². The Labute approximate surface area is 165 Å². The van der Waals surface area contributed by atoms with Crippen LogP contribution in [0.3, 0.4) is 0 Å². The van der Waals surface area contributed by atoms with E-state index in [1.807, 2.05) is 6.20 Å². The fourth-order valence-electron chi connectivity index (χ4n) is 4.20. The van der Waals surface area contributed by atoms with Crippen LogP contribution in [0.5, 0.6) is 0 Å². The number of aryl methyl sites for hydroxylation is 1. The standard InChI is InChI=1S/C25H34N2/c1-5-7-8-9-10-11-12-21-19(4)23(20-15-13-18(3)14-16-20)22-17-27-25(22)24(21)26-6-2/h6,13-16,26-27H,2,5,7-12,17H2,1,3-4H3. The number of unbranched alkanes of at least 4 members (excludes halogenated alkanes) is 5. The molecule has 0 radical (unpaired) electrons. The highest BCUT2D eigenvalue weighted by Crippen LogP contribution is 2.46. The summed E-state index contributed by atoms with van der Waals surface area (Å²) in [5.74, 6) is 0. The Hall–Kier alpha value is -2.22. The normalized spacial score (nSPS) is 12.1. The van der Waals surface area contributed by atoms with Crippen molar-refractivity contribution in [2.75, 3.05) is 10.6 Å². The van der Waals surface area contributed by atoms with Crippen LogP contribution in [0, 0.1) is 13.8 Å². The summed E-state index contributed by atoms with van der Waals surface area (Å²) in [5, 5.41) is 6.97. The van der Waals surface area contributed by atoms with E-state index in [2.05, 4.69) is 62.2 Å². The van der Waals surface area contributed by atoms with Gasteiger partial charge in [0.1, 0.15) is 0 Å². The second kappa shape index (κ2) is 9.12. The van der Waals surface area contributed by atoms with Crippen molar-refractivity contribution in [1.82, 2.24) is 0 Å². The van der Waals surface area contributed by atoms with Gasteiger partial charge in [0.25, 0.3) is 0 Å². The van der Waals surface area contributed by atoms with Gasteiger partial charge in [0.2, 0.25) is 0 Å². The van der Waals surface area contributed by atoms with Crippen molar-refractivity contribution >= 4 is 11.4 Å². The van der Waals surface area contributed by atoms with E-state index in [4.69, 9.17) is 0 Å². The second-order valence-electron chi connectivity index (χ2n) is 7.79. The smallest absolute Gasteiger partial charge is 0.0654 e. The lowest BCUT2D eigenvalue weighted by atomic mass is 9.84. The first-order valence-electron chi connectivity index (χ1n) is 10.5. The van der Waals surface area contributed by atoms with Crippen LogP contribution in [0.1, 0.15) is 67.7 Å². The van der Waals surface area contributed by atoms with Gasteiger partial charge in [0, 0.05) is 12.1 Å². The molecule has 0 atom stereocenters. The minimum absolute atomic E-state index is 0.947. The summed E-state index contributed by atoms with van der Waals surface area (Å²) in [6, 6.07) is 8.98. The van der Waals surface area contributed by atoms with Crippen molar-refractivity contribution in [3.05, 3.63) is 59.3 Å². The highest BCUT2D eigenvalue weighted by Gasteiger charge is 2.26. The molecule has 0 bridgehead atoms. The zero-order valence-electron chi connectivity index (χ0n) is 17.3. The minimum Gasteiger partial charge on any atom is -0.379 e. The van der Waals surface area contributed by atoms with Gasteiger partial charge in [-0.1, -0.05) is 75.4 Å². The molecule has 1 aliphatic heterocycles. The van der Waals surface area contributed by atoms with Gasteiger partial charge in [-0.2, -0.15) is 0 Å². The summed E-state index contributed by atoms with van der Waals surface area (Å²) in [6.45, 7) is 11.6. The molecule has 144 valence electrons. The fourth-order valence-corrected chi connectivity index (χ4v) is 4.20. The molecule has 2 aromatic rings. The maximum absolute atomic E-state index is 3.90. The Bertz CT molecular complexity index is 787. The summed E-state index contributed by atoms with van der Waals surface area (Å²) in [7, 11) is 0. The highest BCUT2D eigenvalue weighted by atomic mass is 15.0. The van der Waals surface area contributed by atoms with Crippen LogP contribution in [0.2, 0.25) is 0 Å². The summed E-state index contributed by atoms with van der Waals surface area (Å²) in [6.07, 6.45) is 10.9. The van der Waals surface area contributed by atoms with Gasteiger partial charge < -0.3 is 10.6 Å². The summed E-state index contributed by atoms with van der Waals surface area (Å²) >= 11 is 0. The monoisotopic (exact) mass is 362 g/mol. The van der Waals surface area contributed by atoms with Crippen molar-refractivity contribution < 1.29 is 0 Å². The van der Waals surface area contributed by atoms with Gasteiger partial charge in [0.05, 0.1) is 11.4 Å². The molecule has 2 aromatic carbocycles. The quantitative estimate of drug-likeness (QED) is 0.432. The molecule has 0 saturated carbocycles. The van der Waals surface area contributed by atoms with Gasteiger partial charge in [0.15, 0.2) is 0 Å². The maximum Gasteiger partial charge on any atom is 0.0654 e. The average Bonchev–Trinajstić information content (AvgIpc) is 2.64. The molecule has 0 aliphatic carbocycles. The van der Waals surface area contributed by atoms with Gasteiger partial charge in [-0.05, 0) is 55.1 Å². The molecule has 2 N–H and O–H groups in total. The molecule has 27 heavy (non-hydrogen) atoms. The van der Waals surface area contributed by atoms with E-state index in [1.165, 1.54) is 83.3 Å². The lowest BCUT2D eigenvalue weighted by molar-refractivity contribution is 0.607. The molecule has 3 rings (SSSR count). The Morgan fingerprint density at radius 1 is 1.04 bits per heavy atom. The molecule has 0 fully saturated rings. The zero-order valence-corrected chi connectivity index (χ0v) is 17.3. The number of anilines is 2. The first-order valence-corrected chi connectivity index (χ1v) is 10.5. The maximum atomic E-state index is 3.90. The molecule has 0 amide bonds. The van der Waals surface area contributed by atoms with Crippen LogP contribution in [-0.2, 0) is 13.0 Å². The van der Waals surface area contributed by atoms with Crippen molar-refractivity contribution in [3.63, 3.8) is 0 Å². The molecular weight excluding hydrogens is 328 g/mol. The first-order chi connectivity index (χ1) is 13.2.